The third-order valence-electron chi connectivity index (χ3n) is 7.81. The highest BCUT2D eigenvalue weighted by molar-refractivity contribution is 6.11. The van der Waals surface area contributed by atoms with Crippen molar-refractivity contribution in [3.8, 4) is 17.4 Å². The molecule has 0 saturated carbocycles. The van der Waals surface area contributed by atoms with Crippen LogP contribution in [0.25, 0.3) is 0 Å². The number of ether oxygens (including phenoxy) is 1. The number of hydrogen-bond donors (Lipinski definition) is 4. The van der Waals surface area contributed by atoms with Crippen molar-refractivity contribution in [3.05, 3.63) is 70.3 Å². The Morgan fingerprint density at radius 2 is 1.54 bits per heavy atom. The maximum absolute atomic E-state index is 14.0. The van der Waals surface area contributed by atoms with E-state index >= 15 is 0 Å². The van der Waals surface area contributed by atoms with Crippen LogP contribution < -0.4 is 21.1 Å². The van der Waals surface area contributed by atoms with Crippen molar-refractivity contribution < 1.29 is 24.2 Å². The minimum atomic E-state index is -1.68. The lowest BCUT2D eigenvalue weighted by molar-refractivity contribution is -0.135. The van der Waals surface area contributed by atoms with Crippen LogP contribution in [0.5, 0.6) is 17.4 Å². The summed E-state index contributed by atoms with van der Waals surface area (Å²) in [5, 5.41) is 16.6. The maximum Gasteiger partial charge on any atom is 0.329 e. The van der Waals surface area contributed by atoms with Gasteiger partial charge in [0.2, 0.25) is 5.88 Å². The van der Waals surface area contributed by atoms with Gasteiger partial charge >= 0.3 is 5.69 Å². The van der Waals surface area contributed by atoms with E-state index in [4.69, 9.17) is 4.74 Å². The number of carbonyl (C=O) groups excluding carboxylic acids is 3. The summed E-state index contributed by atoms with van der Waals surface area (Å²) < 4.78 is 6.84. The molecule has 0 bridgehead atoms. The van der Waals surface area contributed by atoms with E-state index in [-0.39, 0.29) is 22.9 Å². The normalized spacial score (nSPS) is 12.0. The zero-order valence-electron chi connectivity index (χ0n) is 27.9. The number of anilines is 1. The first-order valence-electron chi connectivity index (χ1n) is 16.5. The summed E-state index contributed by atoms with van der Waals surface area (Å²) in [7, 11) is 0. The molecule has 1 atom stereocenters. The van der Waals surface area contributed by atoms with E-state index in [9.17, 15) is 24.3 Å². The molecule has 0 saturated heterocycles. The zero-order chi connectivity index (χ0) is 33.7. The van der Waals surface area contributed by atoms with Crippen LogP contribution in [0.3, 0.4) is 0 Å². The van der Waals surface area contributed by atoms with Gasteiger partial charge < -0.3 is 25.5 Å². The summed E-state index contributed by atoms with van der Waals surface area (Å²) in [6, 6.07) is 11.8. The van der Waals surface area contributed by atoms with Gasteiger partial charge in [0.05, 0.1) is 11.4 Å². The number of rotatable bonds is 18. The van der Waals surface area contributed by atoms with E-state index in [2.05, 4.69) is 22.5 Å². The number of aromatic nitrogens is 2. The number of H-pyrrole nitrogens is 1. The average Bonchev–Trinajstić information content (AvgIpc) is 3.29. The molecule has 4 N–H and O–H groups in total. The molecule has 1 unspecified atom stereocenters. The molecule has 10 heteroatoms. The molecule has 0 spiro atoms. The zero-order valence-corrected chi connectivity index (χ0v) is 27.9. The van der Waals surface area contributed by atoms with Crippen molar-refractivity contribution >= 4 is 23.3 Å². The summed E-state index contributed by atoms with van der Waals surface area (Å²) in [5.41, 5.74) is -1.10. The second-order valence-electron chi connectivity index (χ2n) is 12.7. The first kappa shape index (κ1) is 36.1. The number of aromatic amines is 1. The fourth-order valence-electron chi connectivity index (χ4n) is 5.21. The quantitative estimate of drug-likeness (QED) is 0.0855. The van der Waals surface area contributed by atoms with Crippen LogP contribution in [0.4, 0.5) is 5.69 Å². The van der Waals surface area contributed by atoms with Crippen molar-refractivity contribution in [2.24, 2.45) is 5.41 Å². The summed E-state index contributed by atoms with van der Waals surface area (Å²) in [5.74, 6) is -1.48. The molecule has 1 aromatic heterocycles. The highest BCUT2D eigenvalue weighted by atomic mass is 16.5. The molecular weight excluding hydrogens is 584 g/mol. The second kappa shape index (κ2) is 17.4. The van der Waals surface area contributed by atoms with Gasteiger partial charge in [0, 0.05) is 17.5 Å². The van der Waals surface area contributed by atoms with Gasteiger partial charge in [0.15, 0.2) is 17.6 Å². The van der Waals surface area contributed by atoms with Gasteiger partial charge in [0.25, 0.3) is 11.8 Å². The largest absolute Gasteiger partial charge is 0.493 e. The fraction of sp³-hybridized carbons (Fsp3) is 0.500. The van der Waals surface area contributed by atoms with E-state index in [0.29, 0.717) is 24.4 Å². The number of carbonyl (C=O) groups is 3. The number of aromatic hydroxyl groups is 1. The van der Waals surface area contributed by atoms with Gasteiger partial charge in [-0.05, 0) is 50.1 Å². The van der Waals surface area contributed by atoms with Gasteiger partial charge in [-0.25, -0.2) is 9.36 Å². The third kappa shape index (κ3) is 10.1. The molecule has 46 heavy (non-hydrogen) atoms. The Morgan fingerprint density at radius 3 is 2.15 bits per heavy atom. The van der Waals surface area contributed by atoms with Crippen LogP contribution in [0, 0.1) is 5.41 Å². The van der Waals surface area contributed by atoms with Crippen molar-refractivity contribution in [2.75, 3.05) is 11.9 Å². The van der Waals surface area contributed by atoms with Crippen LogP contribution in [0.15, 0.2) is 53.3 Å². The van der Waals surface area contributed by atoms with Crippen molar-refractivity contribution in [2.45, 2.75) is 105 Å². The Hall–Kier alpha value is -4.34. The minimum Gasteiger partial charge on any atom is -0.493 e. The monoisotopic (exact) mass is 634 g/mol. The van der Waals surface area contributed by atoms with E-state index in [0.717, 1.165) is 30.3 Å². The minimum absolute atomic E-state index is 0.127. The second-order valence-corrected chi connectivity index (χ2v) is 12.7. The summed E-state index contributed by atoms with van der Waals surface area (Å²) in [6.45, 7) is 9.34. The van der Waals surface area contributed by atoms with Crippen LogP contribution >= 0.6 is 0 Å². The van der Waals surface area contributed by atoms with Gasteiger partial charge in [-0.3, -0.25) is 14.4 Å². The molecule has 2 amide bonds. The molecule has 3 aromatic rings. The number of para-hydroxylation sites is 1. The Morgan fingerprint density at radius 1 is 0.913 bits per heavy atom. The third-order valence-corrected chi connectivity index (χ3v) is 7.81. The lowest BCUT2D eigenvalue weighted by atomic mass is 9.86. The Bertz CT molecular complexity index is 1500. The molecule has 3 rings (SSSR count). The number of amides is 2. The molecule has 0 aliphatic heterocycles. The topological polar surface area (TPSA) is 143 Å². The number of hydrogen-bond acceptors (Lipinski definition) is 6. The first-order valence-corrected chi connectivity index (χ1v) is 16.5. The Kier molecular flexibility index (Phi) is 13.7. The standard InChI is InChI=1S/C36H50N4O6/c1-6-8-9-10-11-12-13-14-18-21-27-34(44)40(35(45)39-27)30(31(41)36(3,4)5)33(43)38-28-24-25(32(42)37-7-2)22-23-29(28)46-26-19-16-15-17-20-26/h15-17,19-20,22-24,30,44H,6-14,18,21H2,1-5H3,(H,37,42)(H,38,43)(H,39,45). The number of imidazole rings is 1. The van der Waals surface area contributed by atoms with Crippen LogP contribution in [-0.4, -0.2) is 38.8 Å². The number of unbranched alkanes of at least 4 members (excludes halogenated alkanes) is 8. The van der Waals surface area contributed by atoms with Crippen molar-refractivity contribution in [1.82, 2.24) is 14.9 Å². The predicted molar refractivity (Wildman–Crippen MR) is 181 cm³/mol. The molecule has 0 aliphatic rings. The summed E-state index contributed by atoms with van der Waals surface area (Å²) >= 11 is 0. The molecule has 0 aliphatic carbocycles. The SMILES string of the molecule is CCCCCCCCCCCc1[nH]c(=O)n(C(C(=O)Nc2cc(C(=O)NCC)ccc2Oc2ccccc2)C(=O)C(C)(C)C)c1O. The van der Waals surface area contributed by atoms with E-state index in [1.807, 2.05) is 6.07 Å². The number of nitrogens with one attached hydrogen (secondary N) is 3. The lowest BCUT2D eigenvalue weighted by Gasteiger charge is -2.25. The Balaban J connectivity index is 1.87. The molecule has 10 nitrogen and oxygen atoms in total. The first-order chi connectivity index (χ1) is 22.0. The van der Waals surface area contributed by atoms with Crippen molar-refractivity contribution in [3.63, 3.8) is 0 Å². The van der Waals surface area contributed by atoms with Crippen LogP contribution in [-0.2, 0) is 16.0 Å². The van der Waals surface area contributed by atoms with Gasteiger partial charge in [-0.15, -0.1) is 0 Å². The molecule has 2 aromatic carbocycles. The highest BCUT2D eigenvalue weighted by Gasteiger charge is 2.39. The van der Waals surface area contributed by atoms with Gasteiger partial charge in [-0.2, -0.15) is 0 Å². The molecule has 1 heterocycles. The van der Waals surface area contributed by atoms with E-state index in [1.54, 1.807) is 64.1 Å². The Labute approximate surface area is 272 Å². The molecular formula is C36H50N4O6. The number of Topliss-reactive ketones (excluding diaryl/α,β-unsaturated/α-hetero) is 1. The average molecular weight is 635 g/mol. The summed E-state index contributed by atoms with van der Waals surface area (Å²) in [4.78, 5) is 56.2. The predicted octanol–water partition coefficient (Wildman–Crippen LogP) is 7.29. The number of benzene rings is 2. The number of aryl methyl sites for hydroxylation is 1. The maximum atomic E-state index is 14.0. The number of nitrogens with zero attached hydrogens (tertiary/aromatic N) is 1. The van der Waals surface area contributed by atoms with Gasteiger partial charge in [-0.1, -0.05) is 97.3 Å². The fourth-order valence-corrected chi connectivity index (χ4v) is 5.21. The summed E-state index contributed by atoms with van der Waals surface area (Å²) in [6.07, 6.45) is 10.5. The molecule has 0 fully saturated rings. The van der Waals surface area contributed by atoms with Crippen LogP contribution in [0.2, 0.25) is 0 Å². The number of ketones is 1. The van der Waals surface area contributed by atoms with Gasteiger partial charge in [0.1, 0.15) is 5.75 Å². The van der Waals surface area contributed by atoms with Crippen LogP contribution in [0.1, 0.15) is 114 Å². The van der Waals surface area contributed by atoms with E-state index in [1.165, 1.54) is 38.2 Å². The highest BCUT2D eigenvalue weighted by Crippen LogP contribution is 2.33. The molecule has 250 valence electrons. The molecule has 0 radical (unpaired) electrons. The van der Waals surface area contributed by atoms with E-state index < -0.39 is 34.7 Å². The van der Waals surface area contributed by atoms with Crippen molar-refractivity contribution in [1.29, 1.82) is 0 Å². The smallest absolute Gasteiger partial charge is 0.329 e. The lowest BCUT2D eigenvalue weighted by Crippen LogP contribution is -2.42.